The van der Waals surface area contributed by atoms with Crippen molar-refractivity contribution in [2.45, 2.75) is 0 Å². The first-order valence-corrected chi connectivity index (χ1v) is 2.15. The van der Waals surface area contributed by atoms with E-state index in [1.807, 2.05) is 0 Å². The maximum atomic E-state index is 4.77. The third-order valence-electron chi connectivity index (χ3n) is 0.735. The van der Waals surface area contributed by atoms with Crippen LogP contribution in [-0.4, -0.2) is 17.1 Å². The zero-order chi connectivity index (χ0) is 5.82. The Labute approximate surface area is 47.3 Å². The van der Waals surface area contributed by atoms with Gasteiger partial charge >= 0.3 is 0 Å². The fourth-order valence-electron chi connectivity index (χ4n) is 0.357. The predicted octanol–water partition coefficient (Wildman–Crippen LogP) is 0.285. The summed E-state index contributed by atoms with van der Waals surface area (Å²) >= 11 is 0. The number of rotatable bonds is 1. The Morgan fingerprint density at radius 3 is 2.50 bits per heavy atom. The van der Waals surface area contributed by atoms with E-state index >= 15 is 0 Å². The van der Waals surface area contributed by atoms with Crippen LogP contribution in [0.25, 0.3) is 0 Å². The summed E-state index contributed by atoms with van der Waals surface area (Å²) < 4.78 is 4.77. The van der Waals surface area contributed by atoms with Crippen molar-refractivity contribution in [3.8, 4) is 5.75 Å². The molecule has 1 rings (SSSR count). The van der Waals surface area contributed by atoms with E-state index < -0.39 is 0 Å². The minimum absolute atomic E-state index is 0.656. The summed E-state index contributed by atoms with van der Waals surface area (Å²) in [5.74, 6) is 0.656. The second-order valence-electron chi connectivity index (χ2n) is 1.22. The fourth-order valence-corrected chi connectivity index (χ4v) is 0.357. The molecule has 1 aromatic rings. The van der Waals surface area contributed by atoms with Crippen LogP contribution in [0, 0.1) is 6.33 Å². The van der Waals surface area contributed by atoms with Gasteiger partial charge in [-0.05, 0) is 0 Å². The van der Waals surface area contributed by atoms with Gasteiger partial charge in [-0.2, -0.15) is 0 Å². The van der Waals surface area contributed by atoms with E-state index in [0.29, 0.717) is 5.75 Å². The monoisotopic (exact) mass is 109 g/mol. The lowest BCUT2D eigenvalue weighted by Crippen LogP contribution is -1.83. The molecule has 0 unspecified atom stereocenters. The van der Waals surface area contributed by atoms with Crippen LogP contribution in [0.3, 0.4) is 0 Å². The van der Waals surface area contributed by atoms with Gasteiger partial charge in [-0.15, -0.1) is 0 Å². The Morgan fingerprint density at radius 2 is 2.12 bits per heavy atom. The van der Waals surface area contributed by atoms with Crippen molar-refractivity contribution in [1.29, 1.82) is 0 Å². The molecule has 3 heteroatoms. The number of hydrogen-bond acceptors (Lipinski definition) is 3. The molecule has 0 aliphatic rings. The second-order valence-corrected chi connectivity index (χ2v) is 1.22. The first-order valence-electron chi connectivity index (χ1n) is 2.15. The molecule has 1 heterocycles. The Kier molecular flexibility index (Phi) is 1.42. The highest BCUT2D eigenvalue weighted by Gasteiger charge is 1.83. The molecule has 0 N–H and O–H groups in total. The van der Waals surface area contributed by atoms with E-state index in [4.69, 9.17) is 4.74 Å². The Morgan fingerprint density at radius 1 is 1.50 bits per heavy atom. The number of aromatic nitrogens is 2. The predicted molar refractivity (Wildman–Crippen MR) is 27.4 cm³/mol. The molecule has 8 heavy (non-hydrogen) atoms. The van der Waals surface area contributed by atoms with Crippen molar-refractivity contribution in [3.05, 3.63) is 18.7 Å². The third kappa shape index (κ3) is 0.932. The summed E-state index contributed by atoms with van der Waals surface area (Å²) in [5, 5.41) is 0. The molecule has 0 bridgehead atoms. The molecule has 0 aliphatic heterocycles. The molecule has 0 fully saturated rings. The number of methoxy groups -OCH3 is 1. The number of hydrogen-bond donors (Lipinski definition) is 0. The van der Waals surface area contributed by atoms with Crippen LogP contribution in [0.4, 0.5) is 0 Å². The lowest BCUT2D eigenvalue weighted by Gasteiger charge is -1.91. The fraction of sp³-hybridized carbons (Fsp3) is 0.200. The Bertz CT molecular complexity index is 152. The minimum atomic E-state index is 0.656. The molecule has 1 aromatic heterocycles. The van der Waals surface area contributed by atoms with Gasteiger partial charge in [0.2, 0.25) is 0 Å². The van der Waals surface area contributed by atoms with E-state index in [9.17, 15) is 0 Å². The molecule has 0 amide bonds. The second kappa shape index (κ2) is 2.26. The summed E-state index contributed by atoms with van der Waals surface area (Å²) in [7, 11) is 1.57. The zero-order valence-electron chi connectivity index (χ0n) is 4.46. The van der Waals surface area contributed by atoms with Gasteiger partial charge in [0.15, 0.2) is 12.1 Å². The number of ether oxygens (including phenoxy) is 1. The largest absolute Gasteiger partial charge is 0.494 e. The van der Waals surface area contributed by atoms with E-state index in [1.165, 1.54) is 0 Å². The van der Waals surface area contributed by atoms with E-state index in [2.05, 4.69) is 16.3 Å². The molecule has 1 radical (unpaired) electrons. The first-order chi connectivity index (χ1) is 3.93. The van der Waals surface area contributed by atoms with Crippen LogP contribution in [0.2, 0.25) is 0 Å². The van der Waals surface area contributed by atoms with Crippen LogP contribution < -0.4 is 4.74 Å². The highest BCUT2D eigenvalue weighted by molar-refractivity contribution is 5.08. The molecule has 0 saturated heterocycles. The maximum absolute atomic E-state index is 4.77. The summed E-state index contributed by atoms with van der Waals surface area (Å²) in [6.45, 7) is 0. The van der Waals surface area contributed by atoms with Gasteiger partial charge in [0, 0.05) is 0 Å². The van der Waals surface area contributed by atoms with Crippen LogP contribution in [-0.2, 0) is 0 Å². The van der Waals surface area contributed by atoms with E-state index in [-0.39, 0.29) is 0 Å². The molecular formula is C5H5N2O. The normalized spacial score (nSPS) is 8.62. The summed E-state index contributed by atoms with van der Waals surface area (Å²) in [5.41, 5.74) is 0. The molecule has 0 aliphatic carbocycles. The lowest BCUT2D eigenvalue weighted by atomic mass is 10.6. The topological polar surface area (TPSA) is 35.0 Å². The first kappa shape index (κ1) is 5.03. The average Bonchev–Trinajstić information content (AvgIpc) is 1.90. The van der Waals surface area contributed by atoms with Gasteiger partial charge in [0.1, 0.15) is 0 Å². The quantitative estimate of drug-likeness (QED) is 0.519. The molecule has 0 aromatic carbocycles. The van der Waals surface area contributed by atoms with Crippen LogP contribution in [0.5, 0.6) is 5.75 Å². The van der Waals surface area contributed by atoms with Gasteiger partial charge in [-0.3, -0.25) is 0 Å². The SMILES string of the molecule is COc1cn[c]nc1. The highest BCUT2D eigenvalue weighted by Crippen LogP contribution is 2.00. The maximum Gasteiger partial charge on any atom is 0.197 e. The third-order valence-corrected chi connectivity index (χ3v) is 0.735. The molecular weight excluding hydrogens is 104 g/mol. The van der Waals surface area contributed by atoms with Crippen LogP contribution >= 0.6 is 0 Å². The van der Waals surface area contributed by atoms with Gasteiger partial charge in [0.25, 0.3) is 0 Å². The van der Waals surface area contributed by atoms with Crippen molar-refractivity contribution in [2.24, 2.45) is 0 Å². The Hall–Kier alpha value is -1.12. The number of nitrogens with zero attached hydrogens (tertiary/aromatic N) is 2. The summed E-state index contributed by atoms with van der Waals surface area (Å²) in [6.07, 6.45) is 5.48. The summed E-state index contributed by atoms with van der Waals surface area (Å²) in [4.78, 5) is 7.19. The van der Waals surface area contributed by atoms with Gasteiger partial charge in [0.05, 0.1) is 19.5 Å². The van der Waals surface area contributed by atoms with Crippen molar-refractivity contribution in [3.63, 3.8) is 0 Å². The van der Waals surface area contributed by atoms with Crippen molar-refractivity contribution in [2.75, 3.05) is 7.11 Å². The van der Waals surface area contributed by atoms with Crippen molar-refractivity contribution < 1.29 is 4.74 Å². The van der Waals surface area contributed by atoms with Gasteiger partial charge in [-0.25, -0.2) is 9.97 Å². The molecule has 3 nitrogen and oxygen atoms in total. The molecule has 41 valence electrons. The lowest BCUT2D eigenvalue weighted by molar-refractivity contribution is 0.410. The Balaban J connectivity index is 2.83. The summed E-state index contributed by atoms with van der Waals surface area (Å²) in [6, 6.07) is 0. The van der Waals surface area contributed by atoms with Crippen molar-refractivity contribution in [1.82, 2.24) is 9.97 Å². The van der Waals surface area contributed by atoms with Crippen LogP contribution in [0.15, 0.2) is 12.4 Å². The van der Waals surface area contributed by atoms with Gasteiger partial charge in [-0.1, -0.05) is 0 Å². The van der Waals surface area contributed by atoms with Gasteiger partial charge < -0.3 is 4.74 Å². The van der Waals surface area contributed by atoms with E-state index in [0.717, 1.165) is 0 Å². The molecule has 0 atom stereocenters. The molecule has 0 spiro atoms. The standard InChI is InChI=1S/C5H5N2O/c1-8-5-2-6-4-7-3-5/h2-3H,1H3. The smallest absolute Gasteiger partial charge is 0.197 e. The zero-order valence-corrected chi connectivity index (χ0v) is 4.46. The molecule has 0 saturated carbocycles. The van der Waals surface area contributed by atoms with E-state index in [1.54, 1.807) is 19.5 Å². The van der Waals surface area contributed by atoms with Crippen molar-refractivity contribution >= 4 is 0 Å². The highest BCUT2D eigenvalue weighted by atomic mass is 16.5. The average molecular weight is 109 g/mol. The van der Waals surface area contributed by atoms with Crippen LogP contribution in [0.1, 0.15) is 0 Å². The minimum Gasteiger partial charge on any atom is -0.494 e.